The summed E-state index contributed by atoms with van der Waals surface area (Å²) < 4.78 is 5.65. The van der Waals surface area contributed by atoms with Crippen LogP contribution in [0.5, 0.6) is 11.6 Å². The van der Waals surface area contributed by atoms with Gasteiger partial charge in [0.1, 0.15) is 5.75 Å². The van der Waals surface area contributed by atoms with Crippen LogP contribution >= 0.6 is 11.6 Å². The van der Waals surface area contributed by atoms with E-state index in [1.54, 1.807) is 24.7 Å². The molecule has 5 heteroatoms. The van der Waals surface area contributed by atoms with Crippen molar-refractivity contribution in [2.45, 2.75) is 32.9 Å². The van der Waals surface area contributed by atoms with E-state index in [4.69, 9.17) is 16.3 Å². The van der Waals surface area contributed by atoms with Crippen molar-refractivity contribution < 1.29 is 4.74 Å². The average molecular weight is 292 g/mol. The van der Waals surface area contributed by atoms with Gasteiger partial charge in [0.05, 0.1) is 11.2 Å². The fourth-order valence-electron chi connectivity index (χ4n) is 1.55. The number of pyridine rings is 2. The van der Waals surface area contributed by atoms with Crippen LogP contribution in [0.1, 0.15) is 26.3 Å². The first kappa shape index (κ1) is 14.8. The van der Waals surface area contributed by atoms with E-state index < -0.39 is 0 Å². The Morgan fingerprint density at radius 2 is 2.05 bits per heavy atom. The van der Waals surface area contributed by atoms with E-state index in [0.717, 1.165) is 12.1 Å². The van der Waals surface area contributed by atoms with E-state index in [9.17, 15) is 0 Å². The lowest BCUT2D eigenvalue weighted by Crippen LogP contribution is -2.35. The summed E-state index contributed by atoms with van der Waals surface area (Å²) in [5.74, 6) is 1.10. The molecule has 0 amide bonds. The van der Waals surface area contributed by atoms with Crippen LogP contribution in [-0.2, 0) is 6.54 Å². The van der Waals surface area contributed by atoms with Gasteiger partial charge in [-0.05, 0) is 32.4 Å². The Labute approximate surface area is 124 Å². The van der Waals surface area contributed by atoms with Crippen molar-refractivity contribution >= 4 is 11.6 Å². The highest BCUT2D eigenvalue weighted by Crippen LogP contribution is 2.22. The van der Waals surface area contributed by atoms with Crippen molar-refractivity contribution in [1.82, 2.24) is 15.3 Å². The molecule has 0 aliphatic carbocycles. The molecule has 0 aliphatic rings. The van der Waals surface area contributed by atoms with E-state index in [2.05, 4.69) is 36.1 Å². The van der Waals surface area contributed by atoms with Crippen LogP contribution in [0.4, 0.5) is 0 Å². The number of nitrogens with one attached hydrogen (secondary N) is 1. The maximum atomic E-state index is 5.87. The summed E-state index contributed by atoms with van der Waals surface area (Å²) in [7, 11) is 0. The van der Waals surface area contributed by atoms with E-state index in [0.29, 0.717) is 16.7 Å². The molecule has 20 heavy (non-hydrogen) atoms. The third-order valence-electron chi connectivity index (χ3n) is 2.52. The zero-order valence-electron chi connectivity index (χ0n) is 11.9. The third-order valence-corrected chi connectivity index (χ3v) is 2.73. The number of hydrogen-bond donors (Lipinski definition) is 1. The van der Waals surface area contributed by atoms with Crippen LogP contribution in [-0.4, -0.2) is 15.5 Å². The first-order chi connectivity index (χ1) is 9.42. The lowest BCUT2D eigenvalue weighted by Gasteiger charge is -2.20. The van der Waals surface area contributed by atoms with Crippen molar-refractivity contribution in [3.05, 3.63) is 47.4 Å². The molecule has 0 spiro atoms. The Morgan fingerprint density at radius 3 is 2.75 bits per heavy atom. The predicted molar refractivity (Wildman–Crippen MR) is 80.2 cm³/mol. The molecular formula is C15H18ClN3O. The van der Waals surface area contributed by atoms with Crippen molar-refractivity contribution in [2.24, 2.45) is 0 Å². The van der Waals surface area contributed by atoms with Gasteiger partial charge in [0.25, 0.3) is 0 Å². The molecule has 0 aromatic carbocycles. The Bertz CT molecular complexity index is 581. The van der Waals surface area contributed by atoms with Crippen LogP contribution in [0.15, 0.2) is 36.8 Å². The van der Waals surface area contributed by atoms with Crippen molar-refractivity contribution in [2.75, 3.05) is 0 Å². The minimum Gasteiger partial charge on any atom is -0.437 e. The molecule has 0 fully saturated rings. The van der Waals surface area contributed by atoms with Crippen molar-refractivity contribution in [3.8, 4) is 11.6 Å². The van der Waals surface area contributed by atoms with Crippen molar-refractivity contribution in [1.29, 1.82) is 0 Å². The smallest absolute Gasteiger partial charge is 0.219 e. The first-order valence-electron chi connectivity index (χ1n) is 6.41. The van der Waals surface area contributed by atoms with Gasteiger partial charge in [0.2, 0.25) is 5.88 Å². The summed E-state index contributed by atoms with van der Waals surface area (Å²) >= 11 is 5.87. The second-order valence-corrected chi connectivity index (χ2v) is 5.98. The molecule has 1 N–H and O–H groups in total. The molecule has 4 nitrogen and oxygen atoms in total. The molecule has 0 atom stereocenters. The highest BCUT2D eigenvalue weighted by atomic mass is 35.5. The SMILES string of the molecule is CC(C)(C)NCc1ccnc(Oc2cncc(Cl)c2)c1. The van der Waals surface area contributed by atoms with Crippen LogP contribution < -0.4 is 10.1 Å². The quantitative estimate of drug-likeness (QED) is 0.930. The molecule has 0 unspecified atom stereocenters. The number of aromatic nitrogens is 2. The Morgan fingerprint density at radius 1 is 1.25 bits per heavy atom. The normalized spacial score (nSPS) is 11.4. The first-order valence-corrected chi connectivity index (χ1v) is 6.78. The molecular weight excluding hydrogens is 274 g/mol. The van der Waals surface area contributed by atoms with Crippen molar-refractivity contribution in [3.63, 3.8) is 0 Å². The van der Waals surface area contributed by atoms with E-state index in [-0.39, 0.29) is 5.54 Å². The minimum absolute atomic E-state index is 0.0706. The van der Waals surface area contributed by atoms with Gasteiger partial charge in [0, 0.05) is 36.6 Å². The standard InChI is InChI=1S/C15H18ClN3O/c1-15(2,3)19-8-11-4-5-18-14(6-11)20-13-7-12(16)9-17-10-13/h4-7,9-10,19H,8H2,1-3H3. The lowest BCUT2D eigenvalue weighted by molar-refractivity contribution is 0.421. The maximum absolute atomic E-state index is 5.87. The topological polar surface area (TPSA) is 47.0 Å². The Balaban J connectivity index is 2.06. The van der Waals surface area contributed by atoms with E-state index in [1.165, 1.54) is 0 Å². The molecule has 0 saturated heterocycles. The van der Waals surface area contributed by atoms with Gasteiger partial charge in [-0.3, -0.25) is 4.98 Å². The molecule has 0 saturated carbocycles. The van der Waals surface area contributed by atoms with E-state index in [1.807, 2.05) is 12.1 Å². The number of hydrogen-bond acceptors (Lipinski definition) is 4. The van der Waals surface area contributed by atoms with Crippen LogP contribution in [0.3, 0.4) is 0 Å². The number of ether oxygens (including phenoxy) is 1. The van der Waals surface area contributed by atoms with Gasteiger partial charge in [-0.2, -0.15) is 0 Å². The Kier molecular flexibility index (Phi) is 4.57. The summed E-state index contributed by atoms with van der Waals surface area (Å²) in [6.07, 6.45) is 4.89. The van der Waals surface area contributed by atoms with Gasteiger partial charge < -0.3 is 10.1 Å². The molecule has 2 heterocycles. The molecule has 106 valence electrons. The number of halogens is 1. The second kappa shape index (κ2) is 6.20. The minimum atomic E-state index is 0.0706. The third kappa shape index (κ3) is 4.79. The number of nitrogens with zero attached hydrogens (tertiary/aromatic N) is 2. The zero-order chi connectivity index (χ0) is 14.6. The highest BCUT2D eigenvalue weighted by molar-refractivity contribution is 6.30. The summed E-state index contributed by atoms with van der Waals surface area (Å²) in [5.41, 5.74) is 1.18. The summed E-state index contributed by atoms with van der Waals surface area (Å²) in [4.78, 5) is 8.16. The Hall–Kier alpha value is -1.65. The summed E-state index contributed by atoms with van der Waals surface area (Å²) in [5, 5.41) is 3.96. The second-order valence-electron chi connectivity index (χ2n) is 5.55. The lowest BCUT2D eigenvalue weighted by atomic mass is 10.1. The van der Waals surface area contributed by atoms with Crippen LogP contribution in [0.25, 0.3) is 0 Å². The fraction of sp³-hybridized carbons (Fsp3) is 0.333. The molecule has 0 aliphatic heterocycles. The highest BCUT2D eigenvalue weighted by Gasteiger charge is 2.09. The average Bonchev–Trinajstić information content (AvgIpc) is 2.36. The summed E-state index contributed by atoms with van der Waals surface area (Å²) in [6, 6.07) is 5.57. The largest absolute Gasteiger partial charge is 0.437 e. The molecule has 2 aromatic heterocycles. The van der Waals surface area contributed by atoms with E-state index >= 15 is 0 Å². The number of rotatable bonds is 4. The fourth-order valence-corrected chi connectivity index (χ4v) is 1.72. The van der Waals surface area contributed by atoms with Gasteiger partial charge >= 0.3 is 0 Å². The maximum Gasteiger partial charge on any atom is 0.219 e. The molecule has 2 aromatic rings. The molecule has 2 rings (SSSR count). The van der Waals surface area contributed by atoms with Crippen LogP contribution in [0, 0.1) is 0 Å². The predicted octanol–water partition coefficient (Wildman–Crippen LogP) is 3.81. The van der Waals surface area contributed by atoms with Gasteiger partial charge in [-0.25, -0.2) is 4.98 Å². The summed E-state index contributed by atoms with van der Waals surface area (Å²) in [6.45, 7) is 7.14. The van der Waals surface area contributed by atoms with Gasteiger partial charge in [0.15, 0.2) is 0 Å². The monoisotopic (exact) mass is 291 g/mol. The zero-order valence-corrected chi connectivity index (χ0v) is 12.6. The van der Waals surface area contributed by atoms with Gasteiger partial charge in [-0.15, -0.1) is 0 Å². The molecule has 0 radical (unpaired) electrons. The van der Waals surface area contributed by atoms with Crippen LogP contribution in [0.2, 0.25) is 5.02 Å². The molecule has 0 bridgehead atoms. The van der Waals surface area contributed by atoms with Gasteiger partial charge in [-0.1, -0.05) is 11.6 Å².